The van der Waals surface area contributed by atoms with Crippen LogP contribution in [0.3, 0.4) is 0 Å². The van der Waals surface area contributed by atoms with Gasteiger partial charge in [0.15, 0.2) is 0 Å². The SMILES string of the molecule is CCCNCCCN(C)C1CCCCC1. The molecule has 90 valence electrons. The van der Waals surface area contributed by atoms with Gasteiger partial charge in [0.25, 0.3) is 0 Å². The number of hydrogen-bond donors (Lipinski definition) is 1. The zero-order valence-electron chi connectivity index (χ0n) is 10.6. The Hall–Kier alpha value is -0.0800. The third-order valence-electron chi connectivity index (χ3n) is 3.49. The molecular weight excluding hydrogens is 184 g/mol. The molecule has 1 N–H and O–H groups in total. The molecule has 15 heavy (non-hydrogen) atoms. The monoisotopic (exact) mass is 212 g/mol. The highest BCUT2D eigenvalue weighted by molar-refractivity contribution is 4.73. The fraction of sp³-hybridized carbons (Fsp3) is 1.00. The van der Waals surface area contributed by atoms with Gasteiger partial charge < -0.3 is 10.2 Å². The van der Waals surface area contributed by atoms with Gasteiger partial charge in [0.1, 0.15) is 0 Å². The molecule has 1 fully saturated rings. The molecule has 0 aliphatic heterocycles. The van der Waals surface area contributed by atoms with Gasteiger partial charge in [0.05, 0.1) is 0 Å². The first-order valence-electron chi connectivity index (χ1n) is 6.75. The quantitative estimate of drug-likeness (QED) is 0.653. The molecule has 1 rings (SSSR count). The van der Waals surface area contributed by atoms with Gasteiger partial charge in [-0.3, -0.25) is 0 Å². The summed E-state index contributed by atoms with van der Waals surface area (Å²) in [6.07, 6.45) is 9.76. The highest BCUT2D eigenvalue weighted by atomic mass is 15.1. The molecule has 2 heteroatoms. The second-order valence-electron chi connectivity index (χ2n) is 4.88. The van der Waals surface area contributed by atoms with Crippen LogP contribution in [0.5, 0.6) is 0 Å². The lowest BCUT2D eigenvalue weighted by Crippen LogP contribution is -2.35. The lowest BCUT2D eigenvalue weighted by Gasteiger charge is -2.31. The van der Waals surface area contributed by atoms with Crippen LogP contribution in [0.25, 0.3) is 0 Å². The van der Waals surface area contributed by atoms with Crippen LogP contribution in [0.2, 0.25) is 0 Å². The van der Waals surface area contributed by atoms with E-state index in [9.17, 15) is 0 Å². The van der Waals surface area contributed by atoms with Crippen molar-refractivity contribution in [3.63, 3.8) is 0 Å². The average molecular weight is 212 g/mol. The molecule has 0 aromatic carbocycles. The molecular formula is C13H28N2. The highest BCUT2D eigenvalue weighted by Gasteiger charge is 2.16. The maximum atomic E-state index is 3.47. The van der Waals surface area contributed by atoms with E-state index in [0.717, 1.165) is 6.04 Å². The molecule has 0 saturated heterocycles. The van der Waals surface area contributed by atoms with Crippen molar-refractivity contribution in [2.75, 3.05) is 26.7 Å². The standard InChI is InChI=1S/C13H28N2/c1-3-10-14-11-7-12-15(2)13-8-5-4-6-9-13/h13-14H,3-12H2,1-2H3. The van der Waals surface area contributed by atoms with Crippen LogP contribution in [-0.4, -0.2) is 37.6 Å². The first kappa shape index (κ1) is 13.0. The minimum Gasteiger partial charge on any atom is -0.317 e. The summed E-state index contributed by atoms with van der Waals surface area (Å²) in [6.45, 7) is 5.85. The Kier molecular flexibility index (Phi) is 7.03. The Labute approximate surface area is 95.4 Å². The van der Waals surface area contributed by atoms with Crippen LogP contribution >= 0.6 is 0 Å². The first-order chi connectivity index (χ1) is 7.34. The van der Waals surface area contributed by atoms with Gasteiger partial charge in [0.2, 0.25) is 0 Å². The third-order valence-corrected chi connectivity index (χ3v) is 3.49. The second-order valence-corrected chi connectivity index (χ2v) is 4.88. The molecule has 1 aliphatic carbocycles. The topological polar surface area (TPSA) is 15.3 Å². The van der Waals surface area contributed by atoms with Crippen LogP contribution in [0, 0.1) is 0 Å². The van der Waals surface area contributed by atoms with E-state index >= 15 is 0 Å². The van der Waals surface area contributed by atoms with Crippen LogP contribution in [0.15, 0.2) is 0 Å². The largest absolute Gasteiger partial charge is 0.317 e. The molecule has 0 radical (unpaired) electrons. The molecule has 0 aromatic rings. The average Bonchev–Trinajstić information content (AvgIpc) is 2.30. The number of nitrogens with one attached hydrogen (secondary N) is 1. The Morgan fingerprint density at radius 3 is 2.53 bits per heavy atom. The summed E-state index contributed by atoms with van der Waals surface area (Å²) in [6, 6.07) is 0.880. The van der Waals surface area contributed by atoms with Crippen molar-refractivity contribution in [1.29, 1.82) is 0 Å². The third kappa shape index (κ3) is 5.53. The molecule has 0 heterocycles. The molecule has 0 unspecified atom stereocenters. The van der Waals surface area contributed by atoms with Gasteiger partial charge in [-0.2, -0.15) is 0 Å². The Morgan fingerprint density at radius 2 is 1.87 bits per heavy atom. The Morgan fingerprint density at radius 1 is 1.13 bits per heavy atom. The van der Waals surface area contributed by atoms with Crippen molar-refractivity contribution in [3.8, 4) is 0 Å². The summed E-state index contributed by atoms with van der Waals surface area (Å²) in [5.74, 6) is 0. The van der Waals surface area contributed by atoms with Crippen molar-refractivity contribution < 1.29 is 0 Å². The molecule has 0 bridgehead atoms. The minimum atomic E-state index is 0.880. The van der Waals surface area contributed by atoms with Gasteiger partial charge >= 0.3 is 0 Å². The van der Waals surface area contributed by atoms with E-state index in [2.05, 4.69) is 24.2 Å². The van der Waals surface area contributed by atoms with Gasteiger partial charge in [-0.05, 0) is 52.4 Å². The van der Waals surface area contributed by atoms with Crippen LogP contribution in [0.4, 0.5) is 0 Å². The fourth-order valence-electron chi connectivity index (χ4n) is 2.46. The number of hydrogen-bond acceptors (Lipinski definition) is 2. The van der Waals surface area contributed by atoms with Gasteiger partial charge in [-0.25, -0.2) is 0 Å². The zero-order valence-corrected chi connectivity index (χ0v) is 10.6. The summed E-state index contributed by atoms with van der Waals surface area (Å²) < 4.78 is 0. The smallest absolute Gasteiger partial charge is 0.00922 e. The minimum absolute atomic E-state index is 0.880. The molecule has 0 spiro atoms. The number of nitrogens with zero attached hydrogens (tertiary/aromatic N) is 1. The summed E-state index contributed by atoms with van der Waals surface area (Å²) in [5.41, 5.74) is 0. The maximum absolute atomic E-state index is 3.47. The summed E-state index contributed by atoms with van der Waals surface area (Å²) in [7, 11) is 2.30. The Bertz CT molecular complexity index is 141. The van der Waals surface area contributed by atoms with E-state index in [-0.39, 0.29) is 0 Å². The predicted molar refractivity (Wildman–Crippen MR) is 67.3 cm³/mol. The lowest BCUT2D eigenvalue weighted by atomic mass is 9.94. The van der Waals surface area contributed by atoms with Crippen molar-refractivity contribution in [1.82, 2.24) is 10.2 Å². The van der Waals surface area contributed by atoms with E-state index in [0.29, 0.717) is 0 Å². The number of rotatable bonds is 7. The predicted octanol–water partition coefficient (Wildman–Crippen LogP) is 2.64. The van der Waals surface area contributed by atoms with Gasteiger partial charge in [0, 0.05) is 6.04 Å². The van der Waals surface area contributed by atoms with Crippen molar-refractivity contribution in [2.24, 2.45) is 0 Å². The van der Waals surface area contributed by atoms with Crippen LogP contribution in [-0.2, 0) is 0 Å². The lowest BCUT2D eigenvalue weighted by molar-refractivity contribution is 0.189. The van der Waals surface area contributed by atoms with E-state index in [1.165, 1.54) is 64.6 Å². The molecule has 1 saturated carbocycles. The van der Waals surface area contributed by atoms with E-state index in [1.807, 2.05) is 0 Å². The fourth-order valence-corrected chi connectivity index (χ4v) is 2.46. The molecule has 0 amide bonds. The highest BCUT2D eigenvalue weighted by Crippen LogP contribution is 2.21. The van der Waals surface area contributed by atoms with Crippen LogP contribution in [0.1, 0.15) is 51.9 Å². The molecule has 0 aromatic heterocycles. The van der Waals surface area contributed by atoms with Gasteiger partial charge in [-0.1, -0.05) is 26.2 Å². The van der Waals surface area contributed by atoms with Crippen molar-refractivity contribution in [2.45, 2.75) is 57.9 Å². The normalized spacial score (nSPS) is 18.6. The summed E-state index contributed by atoms with van der Waals surface area (Å²) in [4.78, 5) is 2.58. The first-order valence-corrected chi connectivity index (χ1v) is 6.75. The zero-order chi connectivity index (χ0) is 10.9. The molecule has 1 aliphatic rings. The summed E-state index contributed by atoms with van der Waals surface area (Å²) >= 11 is 0. The second kappa shape index (κ2) is 8.12. The van der Waals surface area contributed by atoms with Crippen molar-refractivity contribution in [3.05, 3.63) is 0 Å². The van der Waals surface area contributed by atoms with Crippen LogP contribution < -0.4 is 5.32 Å². The Balaban J connectivity index is 1.99. The molecule has 2 nitrogen and oxygen atoms in total. The summed E-state index contributed by atoms with van der Waals surface area (Å²) in [5, 5.41) is 3.47. The van der Waals surface area contributed by atoms with Gasteiger partial charge in [-0.15, -0.1) is 0 Å². The van der Waals surface area contributed by atoms with Crippen molar-refractivity contribution >= 4 is 0 Å². The molecule has 0 atom stereocenters. The van der Waals surface area contributed by atoms with E-state index in [4.69, 9.17) is 0 Å². The van der Waals surface area contributed by atoms with E-state index in [1.54, 1.807) is 0 Å². The van der Waals surface area contributed by atoms with E-state index < -0.39 is 0 Å². The maximum Gasteiger partial charge on any atom is 0.00922 e.